The van der Waals surface area contributed by atoms with Gasteiger partial charge in [-0.2, -0.15) is 0 Å². The first-order valence-corrected chi connectivity index (χ1v) is 7.48. The Morgan fingerprint density at radius 1 is 1.26 bits per heavy atom. The van der Waals surface area contributed by atoms with Crippen molar-refractivity contribution in [3.63, 3.8) is 0 Å². The monoisotopic (exact) mass is 280 g/mol. The fourth-order valence-electron chi connectivity index (χ4n) is 3.22. The predicted molar refractivity (Wildman–Crippen MR) is 77.6 cm³/mol. The Balaban J connectivity index is 2.13. The van der Waals surface area contributed by atoms with Crippen molar-refractivity contribution in [1.29, 1.82) is 0 Å². The highest BCUT2D eigenvalue weighted by atomic mass is 35.5. The minimum absolute atomic E-state index is 0.265. The van der Waals surface area contributed by atoms with Gasteiger partial charge >= 0.3 is 5.97 Å². The van der Waals surface area contributed by atoms with Crippen molar-refractivity contribution < 1.29 is 9.90 Å². The lowest BCUT2D eigenvalue weighted by molar-refractivity contribution is -0.140. The van der Waals surface area contributed by atoms with Gasteiger partial charge in [0.25, 0.3) is 0 Å². The lowest BCUT2D eigenvalue weighted by atomic mass is 9.73. The van der Waals surface area contributed by atoms with Crippen LogP contribution in [-0.2, 0) is 4.79 Å². The maximum absolute atomic E-state index is 11.6. The molecule has 104 valence electrons. The molecule has 1 N–H and O–H groups in total. The SMILES string of the molecule is CCC1CCC(C(C(=O)O)c2ccc(Cl)cc2)CC1. The minimum Gasteiger partial charge on any atom is -0.481 e. The van der Waals surface area contributed by atoms with Crippen LogP contribution in [0.4, 0.5) is 0 Å². The molecule has 3 heteroatoms. The van der Waals surface area contributed by atoms with Crippen LogP contribution in [0.3, 0.4) is 0 Å². The summed E-state index contributed by atoms with van der Waals surface area (Å²) in [5.74, 6) is -0.0327. The summed E-state index contributed by atoms with van der Waals surface area (Å²) in [5, 5.41) is 10.2. The quantitative estimate of drug-likeness (QED) is 0.866. The smallest absolute Gasteiger partial charge is 0.311 e. The van der Waals surface area contributed by atoms with Crippen molar-refractivity contribution in [2.24, 2.45) is 11.8 Å². The molecule has 2 rings (SSSR count). The summed E-state index contributed by atoms with van der Waals surface area (Å²) in [5.41, 5.74) is 0.886. The first-order valence-electron chi connectivity index (χ1n) is 7.10. The minimum atomic E-state index is -0.706. The van der Waals surface area contributed by atoms with Gasteiger partial charge in [-0.05, 0) is 42.4 Å². The van der Waals surface area contributed by atoms with E-state index in [1.165, 1.54) is 19.3 Å². The zero-order valence-corrected chi connectivity index (χ0v) is 12.1. The second-order valence-corrected chi connectivity index (χ2v) is 5.99. The lowest BCUT2D eigenvalue weighted by Gasteiger charge is -2.31. The van der Waals surface area contributed by atoms with E-state index in [4.69, 9.17) is 11.6 Å². The molecule has 19 heavy (non-hydrogen) atoms. The van der Waals surface area contributed by atoms with Gasteiger partial charge in [0.15, 0.2) is 0 Å². The summed E-state index contributed by atoms with van der Waals surface area (Å²) in [6.45, 7) is 2.22. The standard InChI is InChI=1S/C16H21ClO2/c1-2-11-3-5-12(6-4-11)15(16(18)19)13-7-9-14(17)10-8-13/h7-12,15H,2-6H2,1H3,(H,18,19). The molecule has 1 fully saturated rings. The molecule has 0 saturated heterocycles. The number of carboxylic acid groups (broad SMARTS) is 1. The molecule has 1 aromatic rings. The van der Waals surface area contributed by atoms with E-state index in [0.717, 1.165) is 24.3 Å². The fraction of sp³-hybridized carbons (Fsp3) is 0.562. The number of aliphatic carboxylic acids is 1. The van der Waals surface area contributed by atoms with Crippen molar-refractivity contribution in [2.75, 3.05) is 0 Å². The van der Waals surface area contributed by atoms with Gasteiger partial charge in [-0.15, -0.1) is 0 Å². The molecule has 0 spiro atoms. The zero-order valence-electron chi connectivity index (χ0n) is 11.3. The number of rotatable bonds is 4. The maximum Gasteiger partial charge on any atom is 0.311 e. The second-order valence-electron chi connectivity index (χ2n) is 5.56. The van der Waals surface area contributed by atoms with Crippen LogP contribution in [-0.4, -0.2) is 11.1 Å². The van der Waals surface area contributed by atoms with E-state index >= 15 is 0 Å². The second kappa shape index (κ2) is 6.42. The van der Waals surface area contributed by atoms with E-state index in [2.05, 4.69) is 6.92 Å². The summed E-state index contributed by atoms with van der Waals surface area (Å²) in [7, 11) is 0. The van der Waals surface area contributed by atoms with Crippen molar-refractivity contribution in [3.05, 3.63) is 34.9 Å². The highest BCUT2D eigenvalue weighted by Crippen LogP contribution is 2.39. The van der Waals surface area contributed by atoms with Crippen LogP contribution in [0.25, 0.3) is 0 Å². The molecule has 0 aromatic heterocycles. The summed E-state index contributed by atoms with van der Waals surface area (Å²) in [6.07, 6.45) is 5.60. The molecular formula is C16H21ClO2. The third-order valence-electron chi connectivity index (χ3n) is 4.44. The molecule has 1 saturated carbocycles. The highest BCUT2D eigenvalue weighted by molar-refractivity contribution is 6.30. The maximum atomic E-state index is 11.6. The van der Waals surface area contributed by atoms with Crippen LogP contribution in [0.1, 0.15) is 50.5 Å². The molecule has 0 aliphatic heterocycles. The molecule has 1 unspecified atom stereocenters. The van der Waals surface area contributed by atoms with E-state index in [1.807, 2.05) is 12.1 Å². The third-order valence-corrected chi connectivity index (χ3v) is 4.69. The molecule has 1 aliphatic rings. The molecule has 2 nitrogen and oxygen atoms in total. The molecule has 0 amide bonds. The van der Waals surface area contributed by atoms with Crippen molar-refractivity contribution in [3.8, 4) is 0 Å². The number of benzene rings is 1. The molecule has 0 bridgehead atoms. The van der Waals surface area contributed by atoms with Crippen LogP contribution in [0, 0.1) is 11.8 Å². The normalized spacial score (nSPS) is 24.9. The van der Waals surface area contributed by atoms with Gasteiger partial charge in [0, 0.05) is 5.02 Å². The molecule has 0 radical (unpaired) electrons. The van der Waals surface area contributed by atoms with Gasteiger partial charge in [-0.3, -0.25) is 4.79 Å². The number of hydrogen-bond donors (Lipinski definition) is 1. The summed E-state index contributed by atoms with van der Waals surface area (Å²) in [4.78, 5) is 11.6. The number of hydrogen-bond acceptors (Lipinski definition) is 1. The average molecular weight is 281 g/mol. The third kappa shape index (κ3) is 3.50. The molecule has 0 heterocycles. The van der Waals surface area contributed by atoms with Crippen molar-refractivity contribution >= 4 is 17.6 Å². The first kappa shape index (κ1) is 14.4. The van der Waals surface area contributed by atoms with Gasteiger partial charge in [0.1, 0.15) is 0 Å². The average Bonchev–Trinajstić information content (AvgIpc) is 2.42. The number of carboxylic acids is 1. The fourth-order valence-corrected chi connectivity index (χ4v) is 3.34. The number of carbonyl (C=O) groups is 1. The van der Waals surface area contributed by atoms with Gasteiger partial charge in [0.2, 0.25) is 0 Å². The number of halogens is 1. The largest absolute Gasteiger partial charge is 0.481 e. The summed E-state index contributed by atoms with van der Waals surface area (Å²) in [6, 6.07) is 7.27. The predicted octanol–water partition coefficient (Wildman–Crippen LogP) is 4.72. The van der Waals surface area contributed by atoms with Gasteiger partial charge in [-0.25, -0.2) is 0 Å². The van der Waals surface area contributed by atoms with Crippen molar-refractivity contribution in [2.45, 2.75) is 44.9 Å². The van der Waals surface area contributed by atoms with Crippen LogP contribution in [0.2, 0.25) is 5.02 Å². The Morgan fingerprint density at radius 3 is 2.32 bits per heavy atom. The van der Waals surface area contributed by atoms with E-state index in [1.54, 1.807) is 12.1 Å². The Kier molecular flexibility index (Phi) is 4.87. The Labute approximate surface area is 119 Å². The Hall–Kier alpha value is -1.02. The first-order chi connectivity index (χ1) is 9.11. The van der Waals surface area contributed by atoms with Crippen LogP contribution >= 0.6 is 11.6 Å². The Morgan fingerprint density at radius 2 is 1.84 bits per heavy atom. The van der Waals surface area contributed by atoms with Crippen molar-refractivity contribution in [1.82, 2.24) is 0 Å². The Bertz CT molecular complexity index is 419. The molecule has 1 aliphatic carbocycles. The molecular weight excluding hydrogens is 260 g/mol. The molecule has 1 aromatic carbocycles. The van der Waals surface area contributed by atoms with Crippen LogP contribution < -0.4 is 0 Å². The van der Waals surface area contributed by atoms with Crippen LogP contribution in [0.5, 0.6) is 0 Å². The topological polar surface area (TPSA) is 37.3 Å². The van der Waals surface area contributed by atoms with Crippen LogP contribution in [0.15, 0.2) is 24.3 Å². The zero-order chi connectivity index (χ0) is 13.8. The lowest BCUT2D eigenvalue weighted by Crippen LogP contribution is -2.25. The van der Waals surface area contributed by atoms with E-state index in [0.29, 0.717) is 5.02 Å². The van der Waals surface area contributed by atoms with Gasteiger partial charge in [-0.1, -0.05) is 49.9 Å². The molecule has 1 atom stereocenters. The van der Waals surface area contributed by atoms with Gasteiger partial charge in [0.05, 0.1) is 5.92 Å². The highest BCUT2D eigenvalue weighted by Gasteiger charge is 2.32. The van der Waals surface area contributed by atoms with E-state index in [9.17, 15) is 9.90 Å². The van der Waals surface area contributed by atoms with E-state index in [-0.39, 0.29) is 11.8 Å². The summed E-state index contributed by atoms with van der Waals surface area (Å²) < 4.78 is 0. The summed E-state index contributed by atoms with van der Waals surface area (Å²) >= 11 is 5.87. The van der Waals surface area contributed by atoms with E-state index < -0.39 is 5.97 Å². The van der Waals surface area contributed by atoms with Gasteiger partial charge < -0.3 is 5.11 Å².